The van der Waals surface area contributed by atoms with Crippen LogP contribution in [0.4, 0.5) is 11.4 Å². The Morgan fingerprint density at radius 1 is 0.742 bits per heavy atom. The number of methoxy groups -OCH3 is 1. The van der Waals surface area contributed by atoms with Crippen molar-refractivity contribution in [3.63, 3.8) is 0 Å². The van der Waals surface area contributed by atoms with Gasteiger partial charge in [0.15, 0.2) is 5.78 Å². The van der Waals surface area contributed by atoms with Gasteiger partial charge in [0, 0.05) is 39.8 Å². The van der Waals surface area contributed by atoms with E-state index in [-0.39, 0.29) is 30.4 Å². The summed E-state index contributed by atoms with van der Waals surface area (Å²) in [6.45, 7) is 0. The molecule has 6 nitrogen and oxygen atoms in total. The summed E-state index contributed by atoms with van der Waals surface area (Å²) >= 11 is 3.32. The van der Waals surface area contributed by atoms with Gasteiger partial charge >= 0.3 is 0 Å². The number of amides is 2. The molecule has 31 heavy (non-hydrogen) atoms. The second-order valence-electron chi connectivity index (χ2n) is 6.74. The molecule has 0 fully saturated rings. The van der Waals surface area contributed by atoms with Crippen LogP contribution in [0.3, 0.4) is 0 Å². The maximum atomic E-state index is 12.4. The van der Waals surface area contributed by atoms with Gasteiger partial charge in [-0.2, -0.15) is 0 Å². The predicted octanol–water partition coefficient (Wildman–Crippen LogP) is 5.31. The first-order valence-corrected chi connectivity index (χ1v) is 10.4. The van der Waals surface area contributed by atoms with E-state index in [4.69, 9.17) is 4.74 Å². The molecule has 0 saturated carbocycles. The van der Waals surface area contributed by atoms with Crippen molar-refractivity contribution >= 4 is 44.9 Å². The summed E-state index contributed by atoms with van der Waals surface area (Å²) in [6.07, 6.45) is 0.199. The van der Waals surface area contributed by atoms with Gasteiger partial charge < -0.3 is 15.4 Å². The van der Waals surface area contributed by atoms with E-state index < -0.39 is 0 Å². The smallest absolute Gasteiger partial charge is 0.255 e. The number of halogens is 1. The van der Waals surface area contributed by atoms with Gasteiger partial charge in [0.05, 0.1) is 7.11 Å². The highest BCUT2D eigenvalue weighted by molar-refractivity contribution is 9.10. The van der Waals surface area contributed by atoms with Crippen molar-refractivity contribution in [3.05, 3.63) is 88.4 Å². The third kappa shape index (κ3) is 6.52. The molecule has 0 aromatic heterocycles. The highest BCUT2D eigenvalue weighted by Gasteiger charge is 2.11. The number of ketones is 1. The molecular formula is C24H21BrN2O4. The van der Waals surface area contributed by atoms with Crippen molar-refractivity contribution in [2.24, 2.45) is 0 Å². The summed E-state index contributed by atoms with van der Waals surface area (Å²) in [5.41, 5.74) is 2.24. The monoisotopic (exact) mass is 480 g/mol. The van der Waals surface area contributed by atoms with E-state index in [1.807, 2.05) is 0 Å². The summed E-state index contributed by atoms with van der Waals surface area (Å²) in [6, 6.07) is 20.6. The van der Waals surface area contributed by atoms with Crippen LogP contribution in [0.5, 0.6) is 5.75 Å². The lowest BCUT2D eigenvalue weighted by Crippen LogP contribution is -2.14. The standard InChI is InChI=1S/C24H21BrN2O4/c1-31-21-12-10-20(11-13-21)27-24(30)17-4-8-19(9-5-17)26-23(29)15-14-22(28)16-2-6-18(25)7-3-16/h2-13H,14-15H2,1H3,(H,26,29)(H,27,30). The number of nitrogens with one attached hydrogen (secondary N) is 2. The van der Waals surface area contributed by atoms with Gasteiger partial charge in [-0.05, 0) is 60.7 Å². The largest absolute Gasteiger partial charge is 0.497 e. The summed E-state index contributed by atoms with van der Waals surface area (Å²) in [5, 5.41) is 5.54. The van der Waals surface area contributed by atoms with E-state index in [9.17, 15) is 14.4 Å². The van der Waals surface area contributed by atoms with Crippen LogP contribution < -0.4 is 15.4 Å². The van der Waals surface area contributed by atoms with Crippen molar-refractivity contribution in [3.8, 4) is 5.75 Å². The summed E-state index contributed by atoms with van der Waals surface area (Å²) in [4.78, 5) is 36.7. The molecule has 0 unspecified atom stereocenters. The van der Waals surface area contributed by atoms with Crippen LogP contribution in [0, 0.1) is 0 Å². The maximum Gasteiger partial charge on any atom is 0.255 e. The first-order chi connectivity index (χ1) is 14.9. The molecule has 2 N–H and O–H groups in total. The van der Waals surface area contributed by atoms with E-state index in [2.05, 4.69) is 26.6 Å². The molecule has 3 aromatic carbocycles. The number of carbonyl (C=O) groups excluding carboxylic acids is 3. The average Bonchev–Trinajstić information content (AvgIpc) is 2.79. The van der Waals surface area contributed by atoms with Gasteiger partial charge in [-0.25, -0.2) is 0 Å². The first kappa shape index (κ1) is 22.2. The fourth-order valence-electron chi connectivity index (χ4n) is 2.81. The Kier molecular flexibility index (Phi) is 7.56. The van der Waals surface area contributed by atoms with E-state index in [1.54, 1.807) is 79.9 Å². The van der Waals surface area contributed by atoms with E-state index in [1.165, 1.54) is 0 Å². The zero-order chi connectivity index (χ0) is 22.2. The summed E-state index contributed by atoms with van der Waals surface area (Å²) < 4.78 is 5.98. The van der Waals surface area contributed by atoms with Gasteiger partial charge in [0.2, 0.25) is 5.91 Å². The van der Waals surface area contributed by atoms with Crippen LogP contribution in [-0.4, -0.2) is 24.7 Å². The number of Topliss-reactive ketones (excluding diaryl/α,β-unsaturated/α-hetero) is 1. The second-order valence-corrected chi connectivity index (χ2v) is 7.65. The normalized spacial score (nSPS) is 10.3. The van der Waals surface area contributed by atoms with Gasteiger partial charge in [-0.15, -0.1) is 0 Å². The summed E-state index contributed by atoms with van der Waals surface area (Å²) in [5.74, 6) is 0.0915. The minimum Gasteiger partial charge on any atom is -0.497 e. The maximum absolute atomic E-state index is 12.4. The van der Waals surface area contributed by atoms with Crippen LogP contribution >= 0.6 is 15.9 Å². The zero-order valence-electron chi connectivity index (χ0n) is 16.9. The molecule has 0 heterocycles. The van der Waals surface area contributed by atoms with Gasteiger partial charge in [0.25, 0.3) is 5.91 Å². The second kappa shape index (κ2) is 10.5. The van der Waals surface area contributed by atoms with Crippen molar-refractivity contribution in [1.82, 2.24) is 0 Å². The third-order valence-electron chi connectivity index (χ3n) is 4.52. The zero-order valence-corrected chi connectivity index (χ0v) is 18.4. The minimum atomic E-state index is -0.263. The molecule has 0 saturated heterocycles. The van der Waals surface area contributed by atoms with E-state index >= 15 is 0 Å². The van der Waals surface area contributed by atoms with Crippen LogP contribution in [0.15, 0.2) is 77.3 Å². The fraction of sp³-hybridized carbons (Fsp3) is 0.125. The minimum absolute atomic E-state index is 0.0780. The highest BCUT2D eigenvalue weighted by Crippen LogP contribution is 2.17. The number of anilines is 2. The SMILES string of the molecule is COc1ccc(NC(=O)c2ccc(NC(=O)CCC(=O)c3ccc(Br)cc3)cc2)cc1. The van der Waals surface area contributed by atoms with Gasteiger partial charge in [-0.1, -0.05) is 28.1 Å². The Hall–Kier alpha value is -3.45. The van der Waals surface area contributed by atoms with Gasteiger partial charge in [-0.3, -0.25) is 14.4 Å². The van der Waals surface area contributed by atoms with Crippen molar-refractivity contribution in [2.45, 2.75) is 12.8 Å². The third-order valence-corrected chi connectivity index (χ3v) is 5.05. The molecule has 7 heteroatoms. The number of hydrogen-bond acceptors (Lipinski definition) is 4. The van der Waals surface area contributed by atoms with E-state index in [0.29, 0.717) is 28.3 Å². The number of benzene rings is 3. The quantitative estimate of drug-likeness (QED) is 0.427. The lowest BCUT2D eigenvalue weighted by atomic mass is 10.1. The highest BCUT2D eigenvalue weighted by atomic mass is 79.9. The van der Waals surface area contributed by atoms with Crippen molar-refractivity contribution in [2.75, 3.05) is 17.7 Å². The number of hydrogen-bond donors (Lipinski definition) is 2. The molecule has 0 radical (unpaired) electrons. The molecular weight excluding hydrogens is 460 g/mol. The fourth-order valence-corrected chi connectivity index (χ4v) is 3.08. The molecule has 0 aliphatic rings. The van der Waals surface area contributed by atoms with Crippen molar-refractivity contribution in [1.29, 1.82) is 0 Å². The van der Waals surface area contributed by atoms with Crippen LogP contribution in [0.25, 0.3) is 0 Å². The van der Waals surface area contributed by atoms with Gasteiger partial charge in [0.1, 0.15) is 5.75 Å². The number of ether oxygens (including phenoxy) is 1. The van der Waals surface area contributed by atoms with Crippen molar-refractivity contribution < 1.29 is 19.1 Å². The van der Waals surface area contributed by atoms with Crippen LogP contribution in [0.1, 0.15) is 33.6 Å². The lowest BCUT2D eigenvalue weighted by Gasteiger charge is -2.08. The Morgan fingerprint density at radius 3 is 1.90 bits per heavy atom. The molecule has 3 rings (SSSR count). The molecule has 158 valence electrons. The molecule has 0 aliphatic heterocycles. The molecule has 0 aliphatic carbocycles. The Morgan fingerprint density at radius 2 is 1.29 bits per heavy atom. The Bertz CT molecular complexity index is 1060. The molecule has 2 amide bonds. The molecule has 0 bridgehead atoms. The van der Waals surface area contributed by atoms with Crippen LogP contribution in [-0.2, 0) is 4.79 Å². The average molecular weight is 481 g/mol. The molecule has 0 atom stereocenters. The first-order valence-electron chi connectivity index (χ1n) is 9.58. The lowest BCUT2D eigenvalue weighted by molar-refractivity contribution is -0.116. The topological polar surface area (TPSA) is 84.5 Å². The Labute approximate surface area is 188 Å². The van der Waals surface area contributed by atoms with Crippen LogP contribution in [0.2, 0.25) is 0 Å². The van der Waals surface area contributed by atoms with E-state index in [0.717, 1.165) is 4.47 Å². The number of rotatable bonds is 8. The Balaban J connectivity index is 1.49. The molecule has 0 spiro atoms. The number of carbonyl (C=O) groups is 3. The molecule has 3 aromatic rings. The summed E-state index contributed by atoms with van der Waals surface area (Å²) in [7, 11) is 1.58. The predicted molar refractivity (Wildman–Crippen MR) is 124 cm³/mol.